The summed E-state index contributed by atoms with van der Waals surface area (Å²) in [6, 6.07) is 6.19. The lowest BCUT2D eigenvalue weighted by Gasteiger charge is -2.38. The summed E-state index contributed by atoms with van der Waals surface area (Å²) in [5.41, 5.74) is 9.35. The highest BCUT2D eigenvalue weighted by atomic mass is 32.2. The van der Waals surface area contributed by atoms with Crippen LogP contribution < -0.4 is 10.6 Å². The standard InChI is InChI=1S/C14H20N2S2/c1-9-5-4-6-12(14(15)17)13(9)16-7-10(2)18-11(3)8-16/h4-6,10-11H,7-8H2,1-3H3,(H2,15,17). The Kier molecular flexibility index (Phi) is 4.17. The Morgan fingerprint density at radius 2 is 1.94 bits per heavy atom. The van der Waals surface area contributed by atoms with E-state index in [4.69, 9.17) is 18.0 Å². The third-order valence-corrected chi connectivity index (χ3v) is 4.69. The van der Waals surface area contributed by atoms with Gasteiger partial charge in [0.15, 0.2) is 0 Å². The minimum absolute atomic E-state index is 0.493. The molecule has 0 bridgehead atoms. The lowest BCUT2D eigenvalue weighted by Crippen LogP contribution is -2.41. The van der Waals surface area contributed by atoms with E-state index in [1.807, 2.05) is 12.1 Å². The minimum atomic E-state index is 0.493. The second kappa shape index (κ2) is 5.49. The van der Waals surface area contributed by atoms with Gasteiger partial charge in [-0.05, 0) is 18.6 Å². The average molecular weight is 280 g/mol. The molecular weight excluding hydrogens is 260 g/mol. The summed E-state index contributed by atoms with van der Waals surface area (Å²) in [6.45, 7) is 8.83. The highest BCUT2D eigenvalue weighted by Crippen LogP contribution is 2.32. The van der Waals surface area contributed by atoms with Gasteiger partial charge >= 0.3 is 0 Å². The van der Waals surface area contributed by atoms with Crippen LogP contribution in [0.4, 0.5) is 5.69 Å². The molecule has 98 valence electrons. The molecule has 1 fully saturated rings. The molecule has 2 nitrogen and oxygen atoms in total. The number of benzene rings is 1. The van der Waals surface area contributed by atoms with E-state index < -0.39 is 0 Å². The van der Waals surface area contributed by atoms with E-state index in [0.29, 0.717) is 15.5 Å². The number of anilines is 1. The van der Waals surface area contributed by atoms with E-state index in [1.54, 1.807) is 0 Å². The fraction of sp³-hybridized carbons (Fsp3) is 0.500. The summed E-state index contributed by atoms with van der Waals surface area (Å²) in [5.74, 6) is 0. The van der Waals surface area contributed by atoms with Crippen LogP contribution in [0.15, 0.2) is 18.2 Å². The van der Waals surface area contributed by atoms with Gasteiger partial charge in [-0.3, -0.25) is 0 Å². The van der Waals surface area contributed by atoms with E-state index in [1.165, 1.54) is 11.3 Å². The van der Waals surface area contributed by atoms with Crippen LogP contribution in [0.1, 0.15) is 25.0 Å². The number of nitrogens with two attached hydrogens (primary N) is 1. The first-order valence-corrected chi connectivity index (χ1v) is 7.64. The van der Waals surface area contributed by atoms with Crippen LogP contribution >= 0.6 is 24.0 Å². The zero-order valence-corrected chi connectivity index (χ0v) is 12.8. The molecule has 1 aliphatic rings. The number of hydrogen-bond acceptors (Lipinski definition) is 3. The van der Waals surface area contributed by atoms with Crippen molar-refractivity contribution in [3.05, 3.63) is 29.3 Å². The van der Waals surface area contributed by atoms with Crippen molar-refractivity contribution in [3.63, 3.8) is 0 Å². The molecule has 4 heteroatoms. The van der Waals surface area contributed by atoms with Gasteiger partial charge in [-0.1, -0.05) is 38.2 Å². The van der Waals surface area contributed by atoms with Gasteiger partial charge in [-0.2, -0.15) is 11.8 Å². The van der Waals surface area contributed by atoms with Gasteiger partial charge in [0.05, 0.1) is 0 Å². The number of hydrogen-bond donors (Lipinski definition) is 1. The summed E-state index contributed by atoms with van der Waals surface area (Å²) in [5, 5.41) is 1.29. The molecule has 0 spiro atoms. The Labute approximate surface area is 119 Å². The fourth-order valence-corrected chi connectivity index (χ4v) is 4.13. The minimum Gasteiger partial charge on any atom is -0.389 e. The maximum atomic E-state index is 5.86. The van der Waals surface area contributed by atoms with Gasteiger partial charge < -0.3 is 10.6 Å². The third-order valence-electron chi connectivity index (χ3n) is 3.24. The summed E-state index contributed by atoms with van der Waals surface area (Å²) >= 11 is 7.24. The highest BCUT2D eigenvalue weighted by Gasteiger charge is 2.25. The molecule has 0 amide bonds. The molecule has 2 unspecified atom stereocenters. The quantitative estimate of drug-likeness (QED) is 0.843. The van der Waals surface area contributed by atoms with Crippen LogP contribution in [0.3, 0.4) is 0 Å². The number of aryl methyl sites for hydroxylation is 1. The molecule has 2 rings (SSSR count). The van der Waals surface area contributed by atoms with Crippen LogP contribution in [0, 0.1) is 6.92 Å². The molecule has 1 aromatic rings. The second-order valence-corrected chi connectivity index (χ2v) is 7.32. The van der Waals surface area contributed by atoms with Crippen LogP contribution in [-0.4, -0.2) is 28.6 Å². The number of thioether (sulfide) groups is 1. The summed E-state index contributed by atoms with van der Waals surface area (Å²) in [7, 11) is 0. The lowest BCUT2D eigenvalue weighted by molar-refractivity contribution is 0.726. The molecule has 1 aromatic carbocycles. The summed E-state index contributed by atoms with van der Waals surface area (Å²) in [6.07, 6.45) is 0. The van der Waals surface area contributed by atoms with Gasteiger partial charge in [0, 0.05) is 34.8 Å². The molecule has 1 heterocycles. The monoisotopic (exact) mass is 280 g/mol. The van der Waals surface area contributed by atoms with Crippen LogP contribution in [0.5, 0.6) is 0 Å². The Balaban J connectivity index is 2.40. The number of rotatable bonds is 2. The second-order valence-electron chi connectivity index (χ2n) is 5.00. The molecule has 0 saturated carbocycles. The summed E-state index contributed by atoms with van der Waals surface area (Å²) in [4.78, 5) is 2.93. The molecule has 18 heavy (non-hydrogen) atoms. The molecule has 2 N–H and O–H groups in total. The average Bonchev–Trinajstić information content (AvgIpc) is 2.26. The van der Waals surface area contributed by atoms with Crippen molar-refractivity contribution in [2.24, 2.45) is 5.73 Å². The molecule has 0 radical (unpaired) electrons. The number of para-hydroxylation sites is 1. The van der Waals surface area contributed by atoms with Crippen molar-refractivity contribution in [2.45, 2.75) is 31.3 Å². The first-order valence-electron chi connectivity index (χ1n) is 6.29. The van der Waals surface area contributed by atoms with Crippen LogP contribution in [0.2, 0.25) is 0 Å². The largest absolute Gasteiger partial charge is 0.389 e. The van der Waals surface area contributed by atoms with Gasteiger partial charge in [0.25, 0.3) is 0 Å². The molecule has 0 aliphatic carbocycles. The van der Waals surface area contributed by atoms with Gasteiger partial charge in [0.2, 0.25) is 0 Å². The lowest BCUT2D eigenvalue weighted by atomic mass is 10.1. The van der Waals surface area contributed by atoms with Crippen molar-refractivity contribution >= 4 is 34.7 Å². The predicted molar refractivity (Wildman–Crippen MR) is 85.8 cm³/mol. The Bertz CT molecular complexity index is 449. The molecular formula is C14H20N2S2. The number of nitrogens with zero attached hydrogens (tertiary/aromatic N) is 1. The van der Waals surface area contributed by atoms with E-state index >= 15 is 0 Å². The van der Waals surface area contributed by atoms with Gasteiger partial charge in [-0.15, -0.1) is 0 Å². The molecule has 2 atom stereocenters. The molecule has 1 aliphatic heterocycles. The first-order chi connectivity index (χ1) is 8.49. The van der Waals surface area contributed by atoms with Gasteiger partial charge in [-0.25, -0.2) is 0 Å². The smallest absolute Gasteiger partial charge is 0.106 e. The van der Waals surface area contributed by atoms with Crippen molar-refractivity contribution in [1.82, 2.24) is 0 Å². The van der Waals surface area contributed by atoms with Crippen molar-refractivity contribution in [2.75, 3.05) is 18.0 Å². The Morgan fingerprint density at radius 3 is 2.50 bits per heavy atom. The zero-order chi connectivity index (χ0) is 13.3. The maximum Gasteiger partial charge on any atom is 0.106 e. The topological polar surface area (TPSA) is 29.3 Å². The predicted octanol–water partition coefficient (Wildman–Crippen LogP) is 2.96. The Hall–Kier alpha value is -0.740. The van der Waals surface area contributed by atoms with E-state index in [9.17, 15) is 0 Å². The van der Waals surface area contributed by atoms with Crippen molar-refractivity contribution < 1.29 is 0 Å². The van der Waals surface area contributed by atoms with Crippen molar-refractivity contribution in [1.29, 1.82) is 0 Å². The van der Waals surface area contributed by atoms with E-state index in [-0.39, 0.29) is 0 Å². The molecule has 0 aromatic heterocycles. The normalized spacial score (nSPS) is 24.1. The van der Waals surface area contributed by atoms with E-state index in [2.05, 4.69) is 43.5 Å². The Morgan fingerprint density at radius 1 is 1.33 bits per heavy atom. The number of thiocarbonyl (C=S) groups is 1. The first kappa shape index (κ1) is 13.7. The fourth-order valence-electron chi connectivity index (χ4n) is 2.64. The maximum absolute atomic E-state index is 5.86. The third kappa shape index (κ3) is 2.81. The van der Waals surface area contributed by atoms with Crippen molar-refractivity contribution in [3.8, 4) is 0 Å². The zero-order valence-electron chi connectivity index (χ0n) is 11.1. The molecule has 1 saturated heterocycles. The summed E-state index contributed by atoms with van der Waals surface area (Å²) < 4.78 is 0. The van der Waals surface area contributed by atoms with Gasteiger partial charge in [0.1, 0.15) is 4.99 Å². The van der Waals surface area contributed by atoms with E-state index in [0.717, 1.165) is 18.7 Å². The van der Waals surface area contributed by atoms with Crippen LogP contribution in [-0.2, 0) is 0 Å². The SMILES string of the molecule is Cc1cccc(C(N)=S)c1N1CC(C)SC(C)C1. The highest BCUT2D eigenvalue weighted by molar-refractivity contribution is 8.00. The van der Waals surface area contributed by atoms with Crippen LogP contribution in [0.25, 0.3) is 0 Å².